The number of amides is 1. The van der Waals surface area contributed by atoms with Gasteiger partial charge in [0.1, 0.15) is 12.4 Å². The van der Waals surface area contributed by atoms with E-state index in [1.165, 1.54) is 13.2 Å². The lowest BCUT2D eigenvalue weighted by Gasteiger charge is -2.44. The Bertz CT molecular complexity index is 1280. The molecule has 6 rings (SSSR count). The summed E-state index contributed by atoms with van der Waals surface area (Å²) in [5, 5.41) is 6.38. The number of H-pyrrole nitrogens is 1. The van der Waals surface area contributed by atoms with Crippen molar-refractivity contribution in [1.29, 1.82) is 0 Å². The second-order valence-corrected chi connectivity index (χ2v) is 9.35. The van der Waals surface area contributed by atoms with Crippen LogP contribution in [-0.2, 0) is 10.2 Å². The Balaban J connectivity index is 1.50. The summed E-state index contributed by atoms with van der Waals surface area (Å²) in [6.45, 7) is 1.77. The minimum atomic E-state index is -0.489. The molecular weight excluding hydrogens is 451 g/mol. The molecule has 1 saturated carbocycles. The third-order valence-corrected chi connectivity index (χ3v) is 7.36. The van der Waals surface area contributed by atoms with E-state index < -0.39 is 5.82 Å². The minimum Gasteiger partial charge on any atom is -0.492 e. The summed E-state index contributed by atoms with van der Waals surface area (Å²) in [6.07, 6.45) is 7.46. The highest BCUT2D eigenvalue weighted by molar-refractivity contribution is 6.07. The quantitative estimate of drug-likeness (QED) is 0.469. The molecular formula is C26H27FN4O4. The largest absolute Gasteiger partial charge is 0.492 e. The van der Waals surface area contributed by atoms with Gasteiger partial charge in [-0.15, -0.1) is 0 Å². The molecule has 3 aromatic rings. The summed E-state index contributed by atoms with van der Waals surface area (Å²) in [6, 6.07) is 6.52. The minimum absolute atomic E-state index is 0.0677. The van der Waals surface area contributed by atoms with Crippen LogP contribution in [0.25, 0.3) is 11.3 Å². The molecule has 182 valence electrons. The van der Waals surface area contributed by atoms with E-state index in [9.17, 15) is 9.18 Å². The van der Waals surface area contributed by atoms with Crippen LogP contribution in [-0.4, -0.2) is 48.8 Å². The van der Waals surface area contributed by atoms with Gasteiger partial charge in [0.2, 0.25) is 0 Å². The number of halogens is 1. The molecule has 8 nitrogen and oxygen atoms in total. The number of aromatic nitrogens is 2. The van der Waals surface area contributed by atoms with Gasteiger partial charge in [0.05, 0.1) is 42.0 Å². The van der Waals surface area contributed by atoms with E-state index in [-0.39, 0.29) is 23.2 Å². The van der Waals surface area contributed by atoms with E-state index >= 15 is 0 Å². The van der Waals surface area contributed by atoms with Crippen molar-refractivity contribution in [3.63, 3.8) is 0 Å². The van der Waals surface area contributed by atoms with Gasteiger partial charge in [-0.2, -0.15) is 0 Å². The number of fused-ring (bicyclic) bond motifs is 2. The molecule has 3 N–H and O–H groups in total. The highest BCUT2D eigenvalue weighted by atomic mass is 19.1. The highest BCUT2D eigenvalue weighted by Crippen LogP contribution is 2.51. The van der Waals surface area contributed by atoms with E-state index in [2.05, 4.69) is 20.6 Å². The Morgan fingerprint density at radius 1 is 1.31 bits per heavy atom. The van der Waals surface area contributed by atoms with Gasteiger partial charge in [0.15, 0.2) is 11.6 Å². The van der Waals surface area contributed by atoms with Gasteiger partial charge >= 0.3 is 0 Å². The molecule has 0 radical (unpaired) electrons. The predicted molar refractivity (Wildman–Crippen MR) is 128 cm³/mol. The van der Waals surface area contributed by atoms with Gasteiger partial charge < -0.3 is 29.8 Å². The van der Waals surface area contributed by atoms with Crippen LogP contribution in [0.4, 0.5) is 15.8 Å². The summed E-state index contributed by atoms with van der Waals surface area (Å²) in [7, 11) is 1.42. The standard InChI is InChI=1S/C26H27FN4O4/c1-33-23-17(27)4-2-5-18(23)30-22-20-24(26(8-3-9-26)14-29-25(20)32)31-21(22)16-6-10-28-12-19(16)35-13-15-7-11-34-15/h2,4-6,10,12,15,30-31H,3,7-9,11,13-14H2,1H3,(H,29,32). The molecule has 1 saturated heterocycles. The molecule has 35 heavy (non-hydrogen) atoms. The number of rotatable bonds is 7. The molecule has 1 atom stereocenters. The van der Waals surface area contributed by atoms with E-state index in [0.717, 1.165) is 43.5 Å². The number of ether oxygens (including phenoxy) is 3. The van der Waals surface area contributed by atoms with Crippen LogP contribution in [0.15, 0.2) is 36.7 Å². The third-order valence-electron chi connectivity index (χ3n) is 7.36. The molecule has 1 spiro atoms. The van der Waals surface area contributed by atoms with Crippen molar-refractivity contribution in [1.82, 2.24) is 15.3 Å². The van der Waals surface area contributed by atoms with E-state index in [4.69, 9.17) is 14.2 Å². The molecule has 2 fully saturated rings. The summed E-state index contributed by atoms with van der Waals surface area (Å²) in [4.78, 5) is 21.0. The van der Waals surface area contributed by atoms with Crippen molar-refractivity contribution in [3.8, 4) is 22.8 Å². The Morgan fingerprint density at radius 3 is 2.89 bits per heavy atom. The smallest absolute Gasteiger partial charge is 0.255 e. The maximum atomic E-state index is 14.5. The van der Waals surface area contributed by atoms with Gasteiger partial charge in [-0.3, -0.25) is 9.78 Å². The van der Waals surface area contributed by atoms with Crippen molar-refractivity contribution >= 4 is 17.3 Å². The molecule has 1 aromatic carbocycles. The van der Waals surface area contributed by atoms with Crippen molar-refractivity contribution in [2.75, 3.05) is 32.2 Å². The molecule has 3 aliphatic rings. The van der Waals surface area contributed by atoms with Crippen molar-refractivity contribution in [3.05, 3.63) is 53.7 Å². The first-order chi connectivity index (χ1) is 17.1. The Hall–Kier alpha value is -3.59. The fourth-order valence-corrected chi connectivity index (χ4v) is 5.16. The monoisotopic (exact) mass is 478 g/mol. The lowest BCUT2D eigenvalue weighted by molar-refractivity contribution is -0.0720. The normalized spacial score (nSPS) is 19.8. The van der Waals surface area contributed by atoms with Crippen LogP contribution in [0.1, 0.15) is 41.7 Å². The molecule has 1 unspecified atom stereocenters. The molecule has 1 amide bonds. The molecule has 2 aromatic heterocycles. The first-order valence-corrected chi connectivity index (χ1v) is 11.9. The van der Waals surface area contributed by atoms with Crippen LogP contribution >= 0.6 is 0 Å². The van der Waals surface area contributed by atoms with Crippen LogP contribution in [0, 0.1) is 5.82 Å². The van der Waals surface area contributed by atoms with Crippen LogP contribution in [0.5, 0.6) is 11.5 Å². The van der Waals surface area contributed by atoms with Crippen molar-refractivity contribution < 1.29 is 23.4 Å². The van der Waals surface area contributed by atoms with Gasteiger partial charge in [0, 0.05) is 42.4 Å². The van der Waals surface area contributed by atoms with Crippen LogP contribution in [0.2, 0.25) is 0 Å². The number of carbonyl (C=O) groups excluding carboxylic acids is 1. The van der Waals surface area contributed by atoms with Crippen LogP contribution < -0.4 is 20.1 Å². The van der Waals surface area contributed by atoms with Crippen molar-refractivity contribution in [2.45, 2.75) is 37.2 Å². The number of anilines is 2. The van der Waals surface area contributed by atoms with Gasteiger partial charge in [-0.25, -0.2) is 4.39 Å². The second-order valence-electron chi connectivity index (χ2n) is 9.35. The molecule has 0 bridgehead atoms. The zero-order valence-electron chi connectivity index (χ0n) is 19.4. The summed E-state index contributed by atoms with van der Waals surface area (Å²) < 4.78 is 31.4. The number of carbonyl (C=O) groups is 1. The molecule has 4 heterocycles. The number of para-hydroxylation sites is 1. The predicted octanol–water partition coefficient (Wildman–Crippen LogP) is 4.30. The number of aromatic amines is 1. The lowest BCUT2D eigenvalue weighted by atomic mass is 9.64. The van der Waals surface area contributed by atoms with Crippen LogP contribution in [0.3, 0.4) is 0 Å². The number of benzene rings is 1. The number of nitrogens with zero attached hydrogens (tertiary/aromatic N) is 1. The van der Waals surface area contributed by atoms with Gasteiger partial charge in [-0.1, -0.05) is 12.5 Å². The Morgan fingerprint density at radius 2 is 2.17 bits per heavy atom. The summed E-state index contributed by atoms with van der Waals surface area (Å²) >= 11 is 0. The first-order valence-electron chi connectivity index (χ1n) is 11.9. The van der Waals surface area contributed by atoms with Gasteiger partial charge in [0.25, 0.3) is 5.91 Å². The summed E-state index contributed by atoms with van der Waals surface area (Å²) in [5.41, 5.74) is 3.76. The topological polar surface area (TPSA) is 97.5 Å². The number of pyridine rings is 1. The highest BCUT2D eigenvalue weighted by Gasteiger charge is 2.47. The first kappa shape index (κ1) is 21.9. The maximum Gasteiger partial charge on any atom is 0.255 e. The average molecular weight is 479 g/mol. The zero-order chi connectivity index (χ0) is 24.0. The number of hydrogen-bond donors (Lipinski definition) is 3. The Kier molecular flexibility index (Phi) is 5.36. The van der Waals surface area contributed by atoms with E-state index in [0.29, 0.717) is 41.5 Å². The van der Waals surface area contributed by atoms with Crippen molar-refractivity contribution in [2.24, 2.45) is 0 Å². The zero-order valence-corrected chi connectivity index (χ0v) is 19.4. The second kappa shape index (κ2) is 8.57. The average Bonchev–Trinajstić information content (AvgIpc) is 3.18. The molecule has 2 aliphatic heterocycles. The number of methoxy groups -OCH3 is 1. The maximum absolute atomic E-state index is 14.5. The SMILES string of the molecule is COc1c(F)cccc1Nc1c(-c2ccncc2OCC2CCO2)[nH]c2c1C(=O)NCC21CCC1. The Labute approximate surface area is 202 Å². The summed E-state index contributed by atoms with van der Waals surface area (Å²) in [5.74, 6) is 0.00400. The molecule has 9 heteroatoms. The lowest BCUT2D eigenvalue weighted by Crippen LogP contribution is -2.50. The number of hydrogen-bond acceptors (Lipinski definition) is 6. The fraction of sp³-hybridized carbons (Fsp3) is 0.385. The third kappa shape index (κ3) is 3.61. The molecule has 1 aliphatic carbocycles. The van der Waals surface area contributed by atoms with E-state index in [1.54, 1.807) is 24.5 Å². The fourth-order valence-electron chi connectivity index (χ4n) is 5.16. The van der Waals surface area contributed by atoms with E-state index in [1.807, 2.05) is 6.07 Å². The number of nitrogens with one attached hydrogen (secondary N) is 3. The van der Waals surface area contributed by atoms with Gasteiger partial charge in [-0.05, 0) is 31.0 Å².